The Hall–Kier alpha value is -0.570. The second-order valence-corrected chi connectivity index (χ2v) is 9.55. The predicted molar refractivity (Wildman–Crippen MR) is 89.8 cm³/mol. The molecule has 23 heavy (non-hydrogen) atoms. The zero-order chi connectivity index (χ0) is 16.4. The number of fused-ring (bicyclic) bond motifs is 5. The molecule has 3 aliphatic carbocycles. The number of amides is 1. The van der Waals surface area contributed by atoms with Crippen molar-refractivity contribution < 1.29 is 10.0 Å². The highest BCUT2D eigenvalue weighted by atomic mass is 16.5. The van der Waals surface area contributed by atoms with Gasteiger partial charge in [-0.15, -0.1) is 0 Å². The first-order chi connectivity index (χ1) is 10.9. The van der Waals surface area contributed by atoms with Crippen LogP contribution in [0.1, 0.15) is 78.6 Å². The summed E-state index contributed by atoms with van der Waals surface area (Å²) in [6.07, 6.45) is 11.0. The van der Waals surface area contributed by atoms with Crippen LogP contribution in [-0.2, 0) is 4.79 Å². The number of hydrogen-bond donors (Lipinski definition) is 1. The fourth-order valence-corrected chi connectivity index (χ4v) is 7.40. The first-order valence-electron chi connectivity index (χ1n) is 9.92. The molecule has 1 amide bonds. The molecule has 0 aromatic carbocycles. The molecule has 130 valence electrons. The summed E-state index contributed by atoms with van der Waals surface area (Å²) in [5.74, 6) is 2.43. The zero-order valence-corrected chi connectivity index (χ0v) is 15.1. The van der Waals surface area contributed by atoms with Crippen LogP contribution in [0.4, 0.5) is 0 Å². The first kappa shape index (κ1) is 15.9. The number of carbonyl (C=O) groups is 1. The van der Waals surface area contributed by atoms with E-state index in [9.17, 15) is 10.0 Å². The molecule has 2 unspecified atom stereocenters. The van der Waals surface area contributed by atoms with E-state index in [1.165, 1.54) is 38.5 Å². The largest absolute Gasteiger partial charge is 0.286 e. The van der Waals surface area contributed by atoms with Gasteiger partial charge in [-0.3, -0.25) is 10.0 Å². The van der Waals surface area contributed by atoms with Crippen LogP contribution in [0.15, 0.2) is 0 Å². The molecule has 7 atom stereocenters. The van der Waals surface area contributed by atoms with Crippen LogP contribution in [-0.4, -0.2) is 22.2 Å². The van der Waals surface area contributed by atoms with Gasteiger partial charge in [-0.2, -0.15) is 0 Å². The van der Waals surface area contributed by atoms with Gasteiger partial charge in [0.1, 0.15) is 0 Å². The fourth-order valence-electron chi connectivity index (χ4n) is 7.40. The third-order valence-electron chi connectivity index (χ3n) is 8.65. The van der Waals surface area contributed by atoms with Gasteiger partial charge in [0.2, 0.25) is 5.91 Å². The van der Waals surface area contributed by atoms with E-state index in [2.05, 4.69) is 20.8 Å². The molecule has 0 bridgehead atoms. The minimum atomic E-state index is -0.0186. The van der Waals surface area contributed by atoms with Gasteiger partial charge in [-0.05, 0) is 80.0 Å². The zero-order valence-electron chi connectivity index (χ0n) is 15.1. The number of nitrogens with zero attached hydrogens (tertiary/aromatic N) is 1. The fraction of sp³-hybridized carbons (Fsp3) is 0.950. The summed E-state index contributed by atoms with van der Waals surface area (Å²) in [7, 11) is 0. The van der Waals surface area contributed by atoms with Gasteiger partial charge in [0.15, 0.2) is 0 Å². The van der Waals surface area contributed by atoms with Crippen molar-refractivity contribution in [2.75, 3.05) is 0 Å². The predicted octanol–water partition coefficient (Wildman–Crippen LogP) is 4.64. The van der Waals surface area contributed by atoms with E-state index < -0.39 is 0 Å². The topological polar surface area (TPSA) is 40.5 Å². The summed E-state index contributed by atoms with van der Waals surface area (Å²) in [4.78, 5) is 12.4. The average Bonchev–Trinajstić information content (AvgIpc) is 2.92. The molecule has 0 spiro atoms. The van der Waals surface area contributed by atoms with Gasteiger partial charge in [-0.1, -0.05) is 27.2 Å². The van der Waals surface area contributed by atoms with Crippen LogP contribution in [0.25, 0.3) is 0 Å². The van der Waals surface area contributed by atoms with Crippen LogP contribution >= 0.6 is 0 Å². The van der Waals surface area contributed by atoms with E-state index in [-0.39, 0.29) is 23.3 Å². The van der Waals surface area contributed by atoms with Crippen LogP contribution in [0.3, 0.4) is 0 Å². The second-order valence-electron chi connectivity index (χ2n) is 9.55. The Morgan fingerprint density at radius 2 is 1.91 bits per heavy atom. The molecule has 3 saturated carbocycles. The smallest absolute Gasteiger partial charge is 0.249 e. The van der Waals surface area contributed by atoms with Gasteiger partial charge < -0.3 is 0 Å². The van der Waals surface area contributed by atoms with Crippen LogP contribution < -0.4 is 0 Å². The lowest BCUT2D eigenvalue weighted by Crippen LogP contribution is -2.63. The Morgan fingerprint density at radius 1 is 1.13 bits per heavy atom. The molecule has 0 radical (unpaired) electrons. The van der Waals surface area contributed by atoms with Crippen molar-refractivity contribution in [1.29, 1.82) is 0 Å². The molecule has 4 aliphatic rings. The second kappa shape index (κ2) is 5.21. The average molecular weight is 319 g/mol. The monoisotopic (exact) mass is 319 g/mol. The summed E-state index contributed by atoms with van der Waals surface area (Å²) in [5.41, 5.74) is 0.702. The lowest BCUT2D eigenvalue weighted by atomic mass is 9.47. The lowest BCUT2D eigenvalue weighted by Gasteiger charge is -2.61. The summed E-state index contributed by atoms with van der Waals surface area (Å²) in [6, 6.07) is 0.0600. The van der Waals surface area contributed by atoms with Gasteiger partial charge in [0, 0.05) is 5.92 Å². The van der Waals surface area contributed by atoms with Crippen LogP contribution in [0.5, 0.6) is 0 Å². The normalized spacial score (nSPS) is 52.8. The summed E-state index contributed by atoms with van der Waals surface area (Å²) >= 11 is 0. The highest BCUT2D eigenvalue weighted by molar-refractivity contribution is 5.79. The quantitative estimate of drug-likeness (QED) is 0.716. The summed E-state index contributed by atoms with van der Waals surface area (Å²) in [6.45, 7) is 7.02. The number of piperidine rings is 1. The van der Waals surface area contributed by atoms with E-state index in [0.717, 1.165) is 36.2 Å². The van der Waals surface area contributed by atoms with Crippen LogP contribution in [0, 0.1) is 34.5 Å². The summed E-state index contributed by atoms with van der Waals surface area (Å²) in [5, 5.41) is 11.7. The van der Waals surface area contributed by atoms with E-state index in [4.69, 9.17) is 0 Å². The maximum absolute atomic E-state index is 12.4. The Morgan fingerprint density at radius 3 is 2.65 bits per heavy atom. The molecule has 1 aliphatic heterocycles. The van der Waals surface area contributed by atoms with Crippen molar-refractivity contribution in [3.63, 3.8) is 0 Å². The third kappa shape index (κ3) is 2.08. The van der Waals surface area contributed by atoms with Crippen molar-refractivity contribution in [2.45, 2.75) is 84.6 Å². The van der Waals surface area contributed by atoms with Gasteiger partial charge in [-0.25, -0.2) is 5.06 Å². The molecule has 4 fully saturated rings. The van der Waals surface area contributed by atoms with Crippen molar-refractivity contribution in [2.24, 2.45) is 34.5 Å². The maximum atomic E-state index is 12.4. The first-order valence-corrected chi connectivity index (χ1v) is 9.92. The van der Waals surface area contributed by atoms with E-state index in [1.54, 1.807) is 0 Å². The van der Waals surface area contributed by atoms with Gasteiger partial charge in [0.05, 0.1) is 6.04 Å². The molecule has 0 aromatic rings. The molecular weight excluding hydrogens is 286 g/mol. The van der Waals surface area contributed by atoms with Gasteiger partial charge >= 0.3 is 0 Å². The highest BCUT2D eigenvalue weighted by Gasteiger charge is 2.60. The SMILES string of the molecule is CCC1C[C@@]2(C)C(CC[C@@H]3[C@H]2CC[C@]2(C)CCC[C@@H]32)N(O)C1=O. The highest BCUT2D eigenvalue weighted by Crippen LogP contribution is 2.65. The maximum Gasteiger partial charge on any atom is 0.249 e. The van der Waals surface area contributed by atoms with Gasteiger partial charge in [0.25, 0.3) is 0 Å². The van der Waals surface area contributed by atoms with Crippen molar-refractivity contribution in [3.05, 3.63) is 0 Å². The molecule has 0 aromatic heterocycles. The van der Waals surface area contributed by atoms with E-state index >= 15 is 0 Å². The molecule has 4 rings (SSSR count). The number of rotatable bonds is 1. The molecule has 3 heteroatoms. The minimum absolute atomic E-state index is 0.0186. The standard InChI is InChI=1S/C20H33NO2/c1-4-13-12-20(3)16-9-11-19(2)10-5-6-15(19)14(16)7-8-17(20)21(23)18(13)22/h13-17,23H,4-12H2,1-3H3/t13?,14-,15-,16+,17?,19-,20+/m0/s1. The molecular formula is C20H33NO2. The Balaban J connectivity index is 1.67. The third-order valence-corrected chi connectivity index (χ3v) is 8.65. The molecule has 1 N–H and O–H groups in total. The number of carbonyl (C=O) groups excluding carboxylic acids is 1. The Labute approximate surface area is 140 Å². The number of hydrogen-bond acceptors (Lipinski definition) is 2. The number of hydroxylamine groups is 2. The van der Waals surface area contributed by atoms with Crippen LogP contribution in [0.2, 0.25) is 0 Å². The van der Waals surface area contributed by atoms with E-state index in [1.807, 2.05) is 0 Å². The molecule has 1 heterocycles. The Kier molecular flexibility index (Phi) is 3.61. The van der Waals surface area contributed by atoms with Crippen molar-refractivity contribution >= 4 is 5.91 Å². The lowest BCUT2D eigenvalue weighted by molar-refractivity contribution is -0.231. The minimum Gasteiger partial charge on any atom is -0.286 e. The summed E-state index contributed by atoms with van der Waals surface area (Å²) < 4.78 is 0. The molecule has 3 nitrogen and oxygen atoms in total. The van der Waals surface area contributed by atoms with E-state index in [0.29, 0.717) is 11.3 Å². The van der Waals surface area contributed by atoms with Crippen molar-refractivity contribution in [3.8, 4) is 0 Å². The molecule has 1 saturated heterocycles. The Bertz CT molecular complexity index is 506. The van der Waals surface area contributed by atoms with Crippen molar-refractivity contribution in [1.82, 2.24) is 5.06 Å².